The van der Waals surface area contributed by atoms with Crippen LogP contribution in [-0.2, 0) is 30.2 Å². The summed E-state index contributed by atoms with van der Waals surface area (Å²) in [5, 5.41) is 12.2. The number of halogens is 1. The maximum atomic E-state index is 13.2. The Kier molecular flexibility index (Phi) is 15.3. The van der Waals surface area contributed by atoms with E-state index in [0.717, 1.165) is 69.9 Å². The highest BCUT2D eigenvalue weighted by Gasteiger charge is 2.40. The molecule has 64 heavy (non-hydrogen) atoms. The fourth-order valence-electron chi connectivity index (χ4n) is 8.05. The van der Waals surface area contributed by atoms with Crippen LogP contribution in [0.4, 0.5) is 16.2 Å². The van der Waals surface area contributed by atoms with Crippen LogP contribution in [0.2, 0.25) is 51.4 Å². The van der Waals surface area contributed by atoms with Gasteiger partial charge in [0.1, 0.15) is 49.3 Å². The number of benzene rings is 2. The van der Waals surface area contributed by atoms with Crippen molar-refractivity contribution in [3.63, 3.8) is 0 Å². The fourth-order valence-corrected chi connectivity index (χ4v) is 9.90. The molecular formula is C47H70BrN7O7Si2. The first-order chi connectivity index (χ1) is 29.9. The van der Waals surface area contributed by atoms with Gasteiger partial charge in [0, 0.05) is 59.0 Å². The Hall–Kier alpha value is -4.04. The van der Waals surface area contributed by atoms with Crippen LogP contribution in [0.15, 0.2) is 45.0 Å². The van der Waals surface area contributed by atoms with Crippen molar-refractivity contribution in [3.05, 3.63) is 57.1 Å². The molecular weight excluding hydrogens is 911 g/mol. The molecule has 350 valence electrons. The van der Waals surface area contributed by atoms with Gasteiger partial charge in [-0.1, -0.05) is 67.4 Å². The summed E-state index contributed by atoms with van der Waals surface area (Å²) < 4.78 is 24.2. The molecule has 2 unspecified atom stereocenters. The van der Waals surface area contributed by atoms with Crippen LogP contribution in [0.5, 0.6) is 5.75 Å². The van der Waals surface area contributed by atoms with Crippen LogP contribution in [0.1, 0.15) is 69.7 Å². The van der Waals surface area contributed by atoms with Crippen molar-refractivity contribution >= 4 is 78.6 Å². The number of amidine groups is 2. The number of fused-ring (bicyclic) bond motifs is 6. The van der Waals surface area contributed by atoms with Crippen molar-refractivity contribution in [3.8, 4) is 5.75 Å². The quantitative estimate of drug-likeness (QED) is 0.160. The number of aryl methyl sites for hydroxylation is 3. The van der Waals surface area contributed by atoms with E-state index in [2.05, 4.69) is 108 Å². The molecule has 5 aliphatic rings. The minimum atomic E-state index is -1.21. The lowest BCUT2D eigenvalue weighted by atomic mass is 9.93. The van der Waals surface area contributed by atoms with Gasteiger partial charge in [-0.05, 0) is 119 Å². The van der Waals surface area contributed by atoms with E-state index in [9.17, 15) is 14.4 Å². The smallest absolute Gasteiger partial charge is 0.410 e. The van der Waals surface area contributed by atoms with Crippen molar-refractivity contribution in [2.45, 2.75) is 137 Å². The molecule has 0 fully saturated rings. The number of amides is 3. The van der Waals surface area contributed by atoms with Gasteiger partial charge in [0.2, 0.25) is 0 Å². The molecule has 0 aliphatic carbocycles. The number of carbonyl (C=O) groups is 3. The molecule has 3 amide bonds. The lowest BCUT2D eigenvalue weighted by Gasteiger charge is -2.41. The molecule has 2 atom stereocenters. The first-order valence-corrected chi connectivity index (χ1v) is 30.9. The lowest BCUT2D eigenvalue weighted by Crippen LogP contribution is -2.57. The summed E-state index contributed by atoms with van der Waals surface area (Å²) in [6.07, 6.45) is 4.31. The maximum absolute atomic E-state index is 13.2. The number of ether oxygens (including phenoxy) is 4. The Balaban J connectivity index is 0.000000228. The molecule has 0 aromatic heterocycles. The van der Waals surface area contributed by atoms with Gasteiger partial charge < -0.3 is 33.6 Å². The van der Waals surface area contributed by atoms with Crippen LogP contribution in [0.25, 0.3) is 5.57 Å². The highest BCUT2D eigenvalue weighted by molar-refractivity contribution is 9.10. The van der Waals surface area contributed by atoms with Gasteiger partial charge in [0.05, 0.1) is 5.69 Å². The summed E-state index contributed by atoms with van der Waals surface area (Å²) >= 11 is 3.62. The Morgan fingerprint density at radius 3 is 1.92 bits per heavy atom. The Bertz CT molecular complexity index is 2200. The van der Waals surface area contributed by atoms with Gasteiger partial charge in [-0.2, -0.15) is 10.2 Å². The summed E-state index contributed by atoms with van der Waals surface area (Å²) in [4.78, 5) is 44.3. The maximum Gasteiger partial charge on any atom is 0.410 e. The molecule has 0 saturated heterocycles. The third-order valence-corrected chi connectivity index (χ3v) is 16.1. The normalized spacial score (nSPS) is 19.9. The van der Waals surface area contributed by atoms with E-state index in [4.69, 9.17) is 18.9 Å². The minimum Gasteiger partial charge on any atom is -0.483 e. The first-order valence-electron chi connectivity index (χ1n) is 22.7. The number of hydrazone groups is 2. The zero-order chi connectivity index (χ0) is 46.9. The Morgan fingerprint density at radius 1 is 0.797 bits per heavy atom. The SMILES string of the molecule is Cc1cc2c(cc1Br)N1C(=NN(COCC[Si](C)(C)C)C(=O)C1C)CC2.Cc1cc2c(cc1C1=CCN(C(=O)OC(C)(C)C)CC1)N1C(=NN(COCC[Si](C)(C)C)C(=O)C1C)CO2. The molecule has 0 radical (unpaired) electrons. The Morgan fingerprint density at radius 2 is 1.38 bits per heavy atom. The summed E-state index contributed by atoms with van der Waals surface area (Å²) in [6.45, 7) is 30.6. The summed E-state index contributed by atoms with van der Waals surface area (Å²) in [5.74, 6) is 2.29. The fraction of sp³-hybridized carbons (Fsp3) is 0.596. The highest BCUT2D eigenvalue weighted by atomic mass is 79.9. The van der Waals surface area contributed by atoms with Crippen LogP contribution < -0.4 is 14.5 Å². The van der Waals surface area contributed by atoms with Gasteiger partial charge in [0.15, 0.2) is 5.84 Å². The van der Waals surface area contributed by atoms with E-state index >= 15 is 0 Å². The second-order valence-electron chi connectivity index (χ2n) is 20.9. The predicted octanol–water partition coefficient (Wildman–Crippen LogP) is 9.44. The van der Waals surface area contributed by atoms with E-state index in [-0.39, 0.29) is 37.4 Å². The molecule has 0 N–H and O–H groups in total. The van der Waals surface area contributed by atoms with Crippen LogP contribution in [0, 0.1) is 13.8 Å². The average molecular weight is 981 g/mol. The molecule has 14 nitrogen and oxygen atoms in total. The number of nitrogens with zero attached hydrogens (tertiary/aromatic N) is 7. The number of carbonyl (C=O) groups excluding carboxylic acids is 3. The molecule has 2 aromatic carbocycles. The molecule has 5 heterocycles. The minimum absolute atomic E-state index is 0.00805. The van der Waals surface area contributed by atoms with Crippen molar-refractivity contribution < 1.29 is 33.3 Å². The molecule has 7 rings (SSSR count). The summed E-state index contributed by atoms with van der Waals surface area (Å²) in [5.41, 5.74) is 7.26. The second-order valence-corrected chi connectivity index (χ2v) is 33.0. The van der Waals surface area contributed by atoms with E-state index in [1.54, 1.807) is 4.90 Å². The Labute approximate surface area is 391 Å². The molecule has 5 aliphatic heterocycles. The lowest BCUT2D eigenvalue weighted by molar-refractivity contribution is -0.139. The topological polar surface area (TPSA) is 129 Å². The second kappa shape index (κ2) is 19.8. The third-order valence-electron chi connectivity index (χ3n) is 11.8. The third kappa shape index (κ3) is 12.0. The number of anilines is 2. The van der Waals surface area contributed by atoms with Gasteiger partial charge in [0.25, 0.3) is 11.8 Å². The van der Waals surface area contributed by atoms with Gasteiger partial charge >= 0.3 is 6.09 Å². The van der Waals surface area contributed by atoms with Crippen molar-refractivity contribution in [1.82, 2.24) is 14.9 Å². The molecule has 0 saturated carbocycles. The van der Waals surface area contributed by atoms with Crippen LogP contribution >= 0.6 is 15.9 Å². The molecule has 2 aromatic rings. The van der Waals surface area contributed by atoms with Crippen LogP contribution in [-0.4, -0.2) is 125 Å². The zero-order valence-electron chi connectivity index (χ0n) is 40.4. The summed E-state index contributed by atoms with van der Waals surface area (Å²) in [7, 11) is -2.34. The van der Waals surface area contributed by atoms with Crippen molar-refractivity contribution in [2.24, 2.45) is 10.2 Å². The van der Waals surface area contributed by atoms with E-state index < -0.39 is 27.8 Å². The number of hydrogen-bond acceptors (Lipinski definition) is 11. The molecule has 0 spiro atoms. The summed E-state index contributed by atoms with van der Waals surface area (Å²) in [6, 6.07) is 9.89. The molecule has 0 bridgehead atoms. The van der Waals surface area contributed by atoms with Gasteiger partial charge in [-0.3, -0.25) is 9.59 Å². The van der Waals surface area contributed by atoms with Crippen molar-refractivity contribution in [2.75, 3.05) is 56.2 Å². The number of rotatable bonds is 11. The van der Waals surface area contributed by atoms with E-state index in [1.165, 1.54) is 26.7 Å². The standard InChI is InChI=1S/C28H42N4O5Si.C19H28BrN3O2Si/c1-19-15-24-23(16-22(19)21-9-11-30(12-10-21)27(34)37-28(3,4)5)32-20(2)26(33)31(29-25(32)17-36-24)18-35-13-14-38(6,7)8;1-13-10-15-6-7-18-21-22(12-25-8-9-26(3,4)5)19(24)14(2)23(18)17(15)11-16(13)20/h9,15-16,20H,10-14,17-18H2,1-8H3;10-11,14H,6-9,12H2,1-5H3. The highest BCUT2D eigenvalue weighted by Crippen LogP contribution is 2.41. The van der Waals surface area contributed by atoms with Gasteiger partial charge in [-0.25, -0.2) is 14.8 Å². The van der Waals surface area contributed by atoms with Gasteiger partial charge in [-0.15, -0.1) is 0 Å². The average Bonchev–Trinajstić information content (AvgIpc) is 3.20. The first kappa shape index (κ1) is 49.4. The predicted molar refractivity (Wildman–Crippen MR) is 265 cm³/mol. The van der Waals surface area contributed by atoms with Crippen LogP contribution in [0.3, 0.4) is 0 Å². The largest absolute Gasteiger partial charge is 0.483 e. The van der Waals surface area contributed by atoms with E-state index in [1.807, 2.05) is 45.6 Å². The van der Waals surface area contributed by atoms with E-state index in [0.29, 0.717) is 38.7 Å². The number of hydrogen-bond donors (Lipinski definition) is 0. The molecule has 17 heteroatoms. The van der Waals surface area contributed by atoms with Crippen molar-refractivity contribution in [1.29, 1.82) is 0 Å². The zero-order valence-corrected chi connectivity index (χ0v) is 44.0. The monoisotopic (exact) mass is 979 g/mol.